The second-order valence-electron chi connectivity index (χ2n) is 7.39. The van der Waals surface area contributed by atoms with Gasteiger partial charge in [-0.25, -0.2) is 12.7 Å². The monoisotopic (exact) mass is 379 g/mol. The molecule has 0 radical (unpaired) electrons. The minimum absolute atomic E-state index is 0.0135. The van der Waals surface area contributed by atoms with E-state index in [1.54, 1.807) is 7.05 Å². The summed E-state index contributed by atoms with van der Waals surface area (Å²) in [6.45, 7) is 3.14. The lowest BCUT2D eigenvalue weighted by molar-refractivity contribution is -0.136. The van der Waals surface area contributed by atoms with E-state index in [0.717, 1.165) is 57.4 Å². The topological polar surface area (TPSA) is 60.9 Å². The van der Waals surface area contributed by atoms with Gasteiger partial charge in [-0.1, -0.05) is 30.3 Å². The zero-order valence-corrected chi connectivity index (χ0v) is 16.5. The standard InChI is InChI=1S/C19H29N3O3S/c1-20(26(2,24)25)17-10-14-21(15-11-17)18(16-8-4-3-5-9-16)19(23)22-12-6-7-13-22/h3-5,8-9,17-18H,6-7,10-15H2,1-2H3. The Morgan fingerprint density at radius 2 is 1.65 bits per heavy atom. The van der Waals surface area contributed by atoms with Crippen LogP contribution >= 0.6 is 0 Å². The Morgan fingerprint density at radius 3 is 2.19 bits per heavy atom. The number of nitrogens with zero attached hydrogens (tertiary/aromatic N) is 3. The number of hydrogen-bond acceptors (Lipinski definition) is 4. The largest absolute Gasteiger partial charge is 0.341 e. The molecule has 3 rings (SSSR count). The molecule has 2 fully saturated rings. The van der Waals surface area contributed by atoms with E-state index in [1.165, 1.54) is 10.6 Å². The molecule has 6 nitrogen and oxygen atoms in total. The molecule has 1 unspecified atom stereocenters. The zero-order valence-electron chi connectivity index (χ0n) is 15.7. The lowest BCUT2D eigenvalue weighted by Gasteiger charge is -2.40. The third-order valence-corrected chi connectivity index (χ3v) is 7.01. The molecule has 0 aromatic heterocycles. The van der Waals surface area contributed by atoms with E-state index >= 15 is 0 Å². The highest BCUT2D eigenvalue weighted by atomic mass is 32.2. The Labute approximate surface area is 156 Å². The average molecular weight is 380 g/mol. The zero-order chi connectivity index (χ0) is 18.7. The molecule has 0 aliphatic carbocycles. The molecule has 144 valence electrons. The molecule has 2 aliphatic rings. The van der Waals surface area contributed by atoms with Crippen LogP contribution in [0.1, 0.15) is 37.3 Å². The number of sulfonamides is 1. The number of likely N-dealkylation sites (tertiary alicyclic amines) is 2. The van der Waals surface area contributed by atoms with Crippen molar-refractivity contribution in [3.8, 4) is 0 Å². The van der Waals surface area contributed by atoms with E-state index in [0.29, 0.717) is 0 Å². The molecule has 0 saturated carbocycles. The molecule has 7 heteroatoms. The van der Waals surface area contributed by atoms with Gasteiger partial charge in [-0.05, 0) is 31.2 Å². The van der Waals surface area contributed by atoms with Gasteiger partial charge in [0.05, 0.1) is 6.26 Å². The van der Waals surface area contributed by atoms with E-state index in [2.05, 4.69) is 4.90 Å². The van der Waals surface area contributed by atoms with Gasteiger partial charge in [-0.15, -0.1) is 0 Å². The molecule has 0 bridgehead atoms. The summed E-state index contributed by atoms with van der Waals surface area (Å²) >= 11 is 0. The van der Waals surface area contributed by atoms with Gasteiger partial charge in [0, 0.05) is 39.3 Å². The Kier molecular flexibility index (Phi) is 5.99. The smallest absolute Gasteiger partial charge is 0.244 e. The van der Waals surface area contributed by atoms with Crippen LogP contribution in [0.3, 0.4) is 0 Å². The molecule has 0 spiro atoms. The maximum atomic E-state index is 13.2. The number of benzene rings is 1. The van der Waals surface area contributed by atoms with E-state index < -0.39 is 10.0 Å². The predicted molar refractivity (Wildman–Crippen MR) is 102 cm³/mol. The third-order valence-electron chi connectivity index (χ3n) is 5.67. The molecule has 2 aliphatic heterocycles. The van der Waals surface area contributed by atoms with Gasteiger partial charge < -0.3 is 4.90 Å². The maximum absolute atomic E-state index is 13.2. The van der Waals surface area contributed by atoms with Crippen molar-refractivity contribution >= 4 is 15.9 Å². The molecule has 1 atom stereocenters. The summed E-state index contributed by atoms with van der Waals surface area (Å²) in [5.41, 5.74) is 1.03. The molecule has 1 aromatic rings. The van der Waals surface area contributed by atoms with Gasteiger partial charge in [0.1, 0.15) is 6.04 Å². The van der Waals surface area contributed by atoms with Gasteiger partial charge in [0.25, 0.3) is 0 Å². The van der Waals surface area contributed by atoms with Crippen molar-refractivity contribution in [3.63, 3.8) is 0 Å². The quantitative estimate of drug-likeness (QED) is 0.781. The van der Waals surface area contributed by atoms with E-state index in [-0.39, 0.29) is 18.0 Å². The lowest BCUT2D eigenvalue weighted by Crippen LogP contribution is -2.49. The maximum Gasteiger partial charge on any atom is 0.244 e. The van der Waals surface area contributed by atoms with Crippen LogP contribution in [0.15, 0.2) is 30.3 Å². The molecule has 2 saturated heterocycles. The van der Waals surface area contributed by atoms with Crippen LogP contribution in [-0.4, -0.2) is 74.0 Å². The first-order valence-electron chi connectivity index (χ1n) is 9.38. The summed E-state index contributed by atoms with van der Waals surface area (Å²) in [7, 11) is -1.53. The van der Waals surface area contributed by atoms with Crippen LogP contribution in [0.25, 0.3) is 0 Å². The SMILES string of the molecule is CN(C1CCN(C(C(=O)N2CCCC2)c2ccccc2)CC1)S(C)(=O)=O. The fraction of sp³-hybridized carbons (Fsp3) is 0.632. The van der Waals surface area contributed by atoms with Crippen molar-refractivity contribution in [2.75, 3.05) is 39.5 Å². The van der Waals surface area contributed by atoms with Crippen LogP contribution in [-0.2, 0) is 14.8 Å². The van der Waals surface area contributed by atoms with Gasteiger partial charge >= 0.3 is 0 Å². The fourth-order valence-electron chi connectivity index (χ4n) is 4.03. The van der Waals surface area contributed by atoms with Crippen LogP contribution in [0.4, 0.5) is 0 Å². The summed E-state index contributed by atoms with van der Waals surface area (Å²) in [4.78, 5) is 17.4. The number of piperidine rings is 1. The van der Waals surface area contributed by atoms with Crippen molar-refractivity contribution in [3.05, 3.63) is 35.9 Å². The first-order chi connectivity index (χ1) is 12.4. The molecule has 2 heterocycles. The highest BCUT2D eigenvalue weighted by molar-refractivity contribution is 7.88. The highest BCUT2D eigenvalue weighted by Crippen LogP contribution is 2.29. The Hall–Kier alpha value is -1.44. The van der Waals surface area contributed by atoms with E-state index in [4.69, 9.17) is 0 Å². The first-order valence-corrected chi connectivity index (χ1v) is 11.2. The number of carbonyl (C=O) groups excluding carboxylic acids is 1. The van der Waals surface area contributed by atoms with Gasteiger partial charge in [-0.3, -0.25) is 9.69 Å². The van der Waals surface area contributed by atoms with Crippen LogP contribution in [0.5, 0.6) is 0 Å². The fourth-order valence-corrected chi connectivity index (χ4v) is 4.79. The van der Waals surface area contributed by atoms with Crippen molar-refractivity contribution < 1.29 is 13.2 Å². The summed E-state index contributed by atoms with van der Waals surface area (Å²) in [6, 6.07) is 9.71. The Morgan fingerprint density at radius 1 is 1.08 bits per heavy atom. The summed E-state index contributed by atoms with van der Waals surface area (Å²) in [5.74, 6) is 0.184. The molecule has 1 amide bonds. The lowest BCUT2D eigenvalue weighted by atomic mass is 9.98. The third kappa shape index (κ3) is 4.27. The van der Waals surface area contributed by atoms with Gasteiger partial charge in [0.15, 0.2) is 0 Å². The molecule has 0 N–H and O–H groups in total. The second-order valence-corrected chi connectivity index (χ2v) is 9.43. The summed E-state index contributed by atoms with van der Waals surface area (Å²) in [6.07, 6.45) is 4.91. The normalized spacial score (nSPS) is 21.3. The van der Waals surface area contributed by atoms with Crippen molar-refractivity contribution in [1.29, 1.82) is 0 Å². The number of amides is 1. The summed E-state index contributed by atoms with van der Waals surface area (Å²) < 4.78 is 25.1. The minimum atomic E-state index is -3.18. The highest BCUT2D eigenvalue weighted by Gasteiger charge is 2.36. The Balaban J connectivity index is 1.75. The second kappa shape index (κ2) is 8.06. The van der Waals surface area contributed by atoms with Crippen molar-refractivity contribution in [2.24, 2.45) is 0 Å². The first kappa shape index (κ1) is 19.3. The van der Waals surface area contributed by atoms with Gasteiger partial charge in [-0.2, -0.15) is 0 Å². The van der Waals surface area contributed by atoms with Gasteiger partial charge in [0.2, 0.25) is 15.9 Å². The molecule has 26 heavy (non-hydrogen) atoms. The molecule has 1 aromatic carbocycles. The predicted octanol–water partition coefficient (Wildman–Crippen LogP) is 1.71. The summed E-state index contributed by atoms with van der Waals surface area (Å²) in [5, 5.41) is 0. The number of carbonyl (C=O) groups is 1. The van der Waals surface area contributed by atoms with Crippen molar-refractivity contribution in [2.45, 2.75) is 37.8 Å². The Bertz CT molecular complexity index is 709. The number of rotatable bonds is 5. The van der Waals surface area contributed by atoms with Crippen LogP contribution in [0.2, 0.25) is 0 Å². The molecular formula is C19H29N3O3S. The van der Waals surface area contributed by atoms with Crippen LogP contribution < -0.4 is 0 Å². The van der Waals surface area contributed by atoms with Crippen molar-refractivity contribution in [1.82, 2.24) is 14.1 Å². The number of hydrogen-bond donors (Lipinski definition) is 0. The van der Waals surface area contributed by atoms with E-state index in [1.807, 2.05) is 35.2 Å². The van der Waals surface area contributed by atoms with Crippen LogP contribution in [0, 0.1) is 0 Å². The van der Waals surface area contributed by atoms with E-state index in [9.17, 15) is 13.2 Å². The average Bonchev–Trinajstić information content (AvgIpc) is 3.17. The molecular weight excluding hydrogens is 350 g/mol. The minimum Gasteiger partial charge on any atom is -0.341 e.